The summed E-state index contributed by atoms with van der Waals surface area (Å²) in [6.45, 7) is 6.05. The number of carboxylic acids is 1. The Morgan fingerprint density at radius 2 is 2.10 bits per heavy atom. The van der Waals surface area contributed by atoms with Gasteiger partial charge in [-0.15, -0.1) is 0 Å². The normalized spacial score (nSPS) is 16.1. The standard InChI is InChI=1S/C15H22N2O3/c1-9(14(18)19)8-13-10(2)16-15(20)17(11(13)3)7-6-12-4-5-12/h9,12H,4-8H2,1-3H3,(H,18,19). The van der Waals surface area contributed by atoms with Gasteiger partial charge in [0, 0.05) is 17.9 Å². The van der Waals surface area contributed by atoms with Gasteiger partial charge in [0.2, 0.25) is 0 Å². The van der Waals surface area contributed by atoms with Crippen LogP contribution in [0.25, 0.3) is 0 Å². The lowest BCUT2D eigenvalue weighted by atomic mass is 9.99. The molecule has 2 rings (SSSR count). The van der Waals surface area contributed by atoms with Gasteiger partial charge in [-0.3, -0.25) is 9.36 Å². The van der Waals surface area contributed by atoms with Gasteiger partial charge in [-0.1, -0.05) is 19.8 Å². The van der Waals surface area contributed by atoms with Gasteiger partial charge in [-0.2, -0.15) is 4.98 Å². The fourth-order valence-corrected chi connectivity index (χ4v) is 2.51. The van der Waals surface area contributed by atoms with E-state index in [4.69, 9.17) is 5.11 Å². The second-order valence-corrected chi connectivity index (χ2v) is 5.87. The maximum atomic E-state index is 12.0. The number of aromatic nitrogens is 2. The lowest BCUT2D eigenvalue weighted by Gasteiger charge is -2.16. The first-order valence-electron chi connectivity index (χ1n) is 7.20. The molecule has 1 atom stereocenters. The molecule has 0 amide bonds. The van der Waals surface area contributed by atoms with Gasteiger partial charge in [0.1, 0.15) is 0 Å². The van der Waals surface area contributed by atoms with Crippen molar-refractivity contribution in [2.45, 2.75) is 53.0 Å². The quantitative estimate of drug-likeness (QED) is 0.863. The number of carbonyl (C=O) groups is 1. The SMILES string of the molecule is Cc1nc(=O)n(CCC2CC2)c(C)c1CC(C)C(=O)O. The molecule has 1 aliphatic rings. The van der Waals surface area contributed by atoms with E-state index in [2.05, 4.69) is 4.98 Å². The summed E-state index contributed by atoms with van der Waals surface area (Å²) in [6, 6.07) is 0. The Kier molecular flexibility index (Phi) is 4.26. The molecular formula is C15H22N2O3. The molecule has 1 fully saturated rings. The largest absolute Gasteiger partial charge is 0.481 e. The van der Waals surface area contributed by atoms with E-state index in [0.717, 1.165) is 23.6 Å². The summed E-state index contributed by atoms with van der Waals surface area (Å²) < 4.78 is 1.70. The van der Waals surface area contributed by atoms with Crippen LogP contribution in [-0.4, -0.2) is 20.6 Å². The van der Waals surface area contributed by atoms with Gasteiger partial charge in [0.05, 0.1) is 5.92 Å². The lowest BCUT2D eigenvalue weighted by molar-refractivity contribution is -0.141. The van der Waals surface area contributed by atoms with Crippen molar-refractivity contribution < 1.29 is 9.90 Å². The molecule has 5 nitrogen and oxygen atoms in total. The zero-order chi connectivity index (χ0) is 14.9. The molecule has 5 heteroatoms. The number of carboxylic acid groups (broad SMARTS) is 1. The van der Waals surface area contributed by atoms with E-state index in [1.807, 2.05) is 6.92 Å². The molecule has 0 bridgehead atoms. The Morgan fingerprint density at radius 1 is 1.45 bits per heavy atom. The fourth-order valence-electron chi connectivity index (χ4n) is 2.51. The summed E-state index contributed by atoms with van der Waals surface area (Å²) in [5.41, 5.74) is 2.21. The van der Waals surface area contributed by atoms with Gasteiger partial charge < -0.3 is 5.11 Å². The topological polar surface area (TPSA) is 72.2 Å². The predicted molar refractivity (Wildman–Crippen MR) is 75.8 cm³/mol. The molecule has 0 spiro atoms. The van der Waals surface area contributed by atoms with E-state index in [0.29, 0.717) is 18.7 Å². The molecule has 1 aromatic heterocycles. The summed E-state index contributed by atoms with van der Waals surface area (Å²) >= 11 is 0. The molecule has 20 heavy (non-hydrogen) atoms. The highest BCUT2D eigenvalue weighted by atomic mass is 16.4. The average molecular weight is 278 g/mol. The first-order valence-corrected chi connectivity index (χ1v) is 7.20. The lowest BCUT2D eigenvalue weighted by Crippen LogP contribution is -2.29. The van der Waals surface area contributed by atoms with E-state index in [-0.39, 0.29) is 5.69 Å². The van der Waals surface area contributed by atoms with E-state index in [9.17, 15) is 9.59 Å². The Balaban J connectivity index is 2.27. The summed E-state index contributed by atoms with van der Waals surface area (Å²) in [6.07, 6.45) is 3.95. The molecule has 110 valence electrons. The Morgan fingerprint density at radius 3 is 2.65 bits per heavy atom. The zero-order valence-electron chi connectivity index (χ0n) is 12.3. The van der Waals surface area contributed by atoms with Gasteiger partial charge >= 0.3 is 11.7 Å². The molecule has 0 aliphatic heterocycles. The van der Waals surface area contributed by atoms with Crippen LogP contribution in [0.15, 0.2) is 4.79 Å². The van der Waals surface area contributed by atoms with Crippen LogP contribution in [0.3, 0.4) is 0 Å². The number of aryl methyl sites for hydroxylation is 1. The summed E-state index contributed by atoms with van der Waals surface area (Å²) in [5.74, 6) is -0.535. The Labute approximate surface area is 118 Å². The maximum absolute atomic E-state index is 12.0. The van der Waals surface area contributed by atoms with Crippen molar-refractivity contribution in [1.82, 2.24) is 9.55 Å². The molecule has 1 aromatic rings. The summed E-state index contributed by atoms with van der Waals surface area (Å²) in [5, 5.41) is 9.04. The monoisotopic (exact) mass is 278 g/mol. The predicted octanol–water partition coefficient (Wildman–Crippen LogP) is 1.92. The number of aliphatic carboxylic acids is 1. The molecule has 0 saturated heterocycles. The van der Waals surface area contributed by atoms with Crippen LogP contribution in [0, 0.1) is 25.7 Å². The minimum atomic E-state index is -0.820. The third-order valence-corrected chi connectivity index (χ3v) is 4.16. The van der Waals surface area contributed by atoms with Crippen molar-refractivity contribution in [1.29, 1.82) is 0 Å². The zero-order valence-corrected chi connectivity index (χ0v) is 12.3. The van der Waals surface area contributed by atoms with Crippen molar-refractivity contribution in [3.05, 3.63) is 27.4 Å². The average Bonchev–Trinajstić information content (AvgIpc) is 3.17. The fraction of sp³-hybridized carbons (Fsp3) is 0.667. The molecule has 1 aliphatic carbocycles. The second kappa shape index (κ2) is 5.77. The van der Waals surface area contributed by atoms with Gasteiger partial charge in [-0.05, 0) is 38.2 Å². The van der Waals surface area contributed by atoms with E-state index in [1.54, 1.807) is 18.4 Å². The van der Waals surface area contributed by atoms with Crippen LogP contribution in [0.1, 0.15) is 43.1 Å². The molecular weight excluding hydrogens is 256 g/mol. The number of hydrogen-bond acceptors (Lipinski definition) is 3. The van der Waals surface area contributed by atoms with Crippen LogP contribution in [-0.2, 0) is 17.8 Å². The Hall–Kier alpha value is -1.65. The highest BCUT2D eigenvalue weighted by molar-refractivity contribution is 5.70. The summed E-state index contributed by atoms with van der Waals surface area (Å²) in [7, 11) is 0. The molecule has 1 unspecified atom stereocenters. The van der Waals surface area contributed by atoms with Crippen LogP contribution in [0.2, 0.25) is 0 Å². The van der Waals surface area contributed by atoms with Crippen LogP contribution < -0.4 is 5.69 Å². The number of hydrogen-bond donors (Lipinski definition) is 1. The van der Waals surface area contributed by atoms with E-state index in [1.165, 1.54) is 12.8 Å². The second-order valence-electron chi connectivity index (χ2n) is 5.87. The third kappa shape index (κ3) is 3.26. The maximum Gasteiger partial charge on any atom is 0.347 e. The molecule has 0 radical (unpaired) electrons. The highest BCUT2D eigenvalue weighted by Crippen LogP contribution is 2.32. The summed E-state index contributed by atoms with van der Waals surface area (Å²) in [4.78, 5) is 27.1. The molecule has 0 aromatic carbocycles. The minimum absolute atomic E-state index is 0.215. The first kappa shape index (κ1) is 14.8. The highest BCUT2D eigenvalue weighted by Gasteiger charge is 2.22. The third-order valence-electron chi connectivity index (χ3n) is 4.16. The van der Waals surface area contributed by atoms with Gasteiger partial charge in [-0.25, -0.2) is 4.79 Å². The van der Waals surface area contributed by atoms with Gasteiger partial charge in [0.25, 0.3) is 0 Å². The van der Waals surface area contributed by atoms with Crippen LogP contribution >= 0.6 is 0 Å². The first-order chi connectivity index (χ1) is 9.40. The van der Waals surface area contributed by atoms with E-state index < -0.39 is 11.9 Å². The molecule has 1 saturated carbocycles. The van der Waals surface area contributed by atoms with Crippen LogP contribution in [0.4, 0.5) is 0 Å². The van der Waals surface area contributed by atoms with Crippen molar-refractivity contribution in [3.63, 3.8) is 0 Å². The van der Waals surface area contributed by atoms with Crippen LogP contribution in [0.5, 0.6) is 0 Å². The van der Waals surface area contributed by atoms with Crippen molar-refractivity contribution in [3.8, 4) is 0 Å². The number of rotatable bonds is 6. The minimum Gasteiger partial charge on any atom is -0.481 e. The van der Waals surface area contributed by atoms with E-state index >= 15 is 0 Å². The van der Waals surface area contributed by atoms with Crippen molar-refractivity contribution in [2.75, 3.05) is 0 Å². The Bertz CT molecular complexity index is 573. The smallest absolute Gasteiger partial charge is 0.347 e. The van der Waals surface area contributed by atoms with Crippen molar-refractivity contribution in [2.24, 2.45) is 11.8 Å². The molecule has 1 heterocycles. The van der Waals surface area contributed by atoms with Gasteiger partial charge in [0.15, 0.2) is 0 Å². The molecule has 1 N–H and O–H groups in total. The number of nitrogens with zero attached hydrogens (tertiary/aromatic N) is 2. The van der Waals surface area contributed by atoms with Crippen molar-refractivity contribution >= 4 is 5.97 Å².